The number of nitro benzene ring substituents is 1. The molecule has 0 saturated carbocycles. The van der Waals surface area contributed by atoms with Crippen LogP contribution in [0.4, 0.5) is 5.69 Å². The SMILES string of the molecule is CCOC(=O)c1cc(C(=O)NC(C)c2ccco2)cc([N+](=O)[O-])c1. The number of hydrogen-bond donors (Lipinski definition) is 1. The standard InChI is InChI=1S/C16H16N2O6/c1-3-23-16(20)12-7-11(8-13(9-12)18(21)22)15(19)17-10(2)14-5-4-6-24-14/h4-10H,3H2,1-2H3,(H,17,19). The summed E-state index contributed by atoms with van der Waals surface area (Å²) in [6.45, 7) is 3.45. The highest BCUT2D eigenvalue weighted by Crippen LogP contribution is 2.20. The predicted octanol–water partition coefficient (Wildman–Crippen LogP) is 2.86. The van der Waals surface area contributed by atoms with E-state index in [-0.39, 0.29) is 23.4 Å². The molecule has 0 bridgehead atoms. The van der Waals surface area contributed by atoms with Gasteiger partial charge < -0.3 is 14.5 Å². The second-order valence-corrected chi connectivity index (χ2v) is 4.96. The second kappa shape index (κ2) is 7.40. The van der Waals surface area contributed by atoms with Crippen molar-refractivity contribution < 1.29 is 23.7 Å². The summed E-state index contributed by atoms with van der Waals surface area (Å²) in [7, 11) is 0. The fourth-order valence-corrected chi connectivity index (χ4v) is 2.07. The summed E-state index contributed by atoms with van der Waals surface area (Å²) in [5.41, 5.74) is -0.427. The Morgan fingerprint density at radius 1 is 1.33 bits per heavy atom. The van der Waals surface area contributed by atoms with Gasteiger partial charge in [0.25, 0.3) is 11.6 Å². The fraction of sp³-hybridized carbons (Fsp3) is 0.250. The normalized spacial score (nSPS) is 11.6. The largest absolute Gasteiger partial charge is 0.467 e. The molecule has 1 aromatic heterocycles. The Balaban J connectivity index is 2.28. The second-order valence-electron chi connectivity index (χ2n) is 4.96. The first-order valence-corrected chi connectivity index (χ1v) is 7.23. The maximum Gasteiger partial charge on any atom is 0.338 e. The number of rotatable bonds is 6. The molecular weight excluding hydrogens is 316 g/mol. The third kappa shape index (κ3) is 3.97. The number of benzene rings is 1. The first-order chi connectivity index (χ1) is 11.4. The highest BCUT2D eigenvalue weighted by molar-refractivity contribution is 5.99. The molecule has 1 N–H and O–H groups in total. The van der Waals surface area contributed by atoms with Crippen LogP contribution in [0.15, 0.2) is 41.0 Å². The van der Waals surface area contributed by atoms with Gasteiger partial charge in [-0.2, -0.15) is 0 Å². The van der Waals surface area contributed by atoms with Crippen LogP contribution in [0, 0.1) is 10.1 Å². The number of carbonyl (C=O) groups is 2. The van der Waals surface area contributed by atoms with Crippen LogP contribution in [0.2, 0.25) is 0 Å². The third-order valence-electron chi connectivity index (χ3n) is 3.22. The van der Waals surface area contributed by atoms with E-state index >= 15 is 0 Å². The van der Waals surface area contributed by atoms with Crippen LogP contribution in [0.3, 0.4) is 0 Å². The number of nitro groups is 1. The van der Waals surface area contributed by atoms with Crippen LogP contribution in [0.25, 0.3) is 0 Å². The van der Waals surface area contributed by atoms with Crippen LogP contribution in [0.5, 0.6) is 0 Å². The molecule has 126 valence electrons. The lowest BCUT2D eigenvalue weighted by Crippen LogP contribution is -2.26. The molecule has 8 nitrogen and oxygen atoms in total. The summed E-state index contributed by atoms with van der Waals surface area (Å²) in [6.07, 6.45) is 1.48. The Hall–Kier alpha value is -3.16. The number of nitrogens with one attached hydrogen (secondary N) is 1. The van der Waals surface area contributed by atoms with Gasteiger partial charge >= 0.3 is 5.97 Å². The minimum absolute atomic E-state index is 0.00865. The van der Waals surface area contributed by atoms with Crippen LogP contribution < -0.4 is 5.32 Å². The third-order valence-corrected chi connectivity index (χ3v) is 3.22. The zero-order valence-corrected chi connectivity index (χ0v) is 13.1. The van der Waals surface area contributed by atoms with Gasteiger partial charge in [-0.25, -0.2) is 4.79 Å². The molecule has 1 aromatic carbocycles. The van der Waals surface area contributed by atoms with Crippen LogP contribution in [0.1, 0.15) is 46.4 Å². The molecule has 1 atom stereocenters. The molecule has 8 heteroatoms. The number of esters is 1. The van der Waals surface area contributed by atoms with Crippen molar-refractivity contribution in [2.75, 3.05) is 6.61 Å². The number of ether oxygens (including phenoxy) is 1. The van der Waals surface area contributed by atoms with Crippen molar-refractivity contribution in [3.05, 3.63) is 63.6 Å². The molecule has 24 heavy (non-hydrogen) atoms. The lowest BCUT2D eigenvalue weighted by molar-refractivity contribution is -0.384. The van der Waals surface area contributed by atoms with Gasteiger partial charge in [-0.05, 0) is 32.0 Å². The molecule has 0 aliphatic heterocycles. The zero-order chi connectivity index (χ0) is 17.7. The first kappa shape index (κ1) is 17.2. The van der Waals surface area contributed by atoms with Crippen molar-refractivity contribution in [1.29, 1.82) is 0 Å². The van der Waals surface area contributed by atoms with E-state index in [4.69, 9.17) is 9.15 Å². The smallest absolute Gasteiger partial charge is 0.338 e. The predicted molar refractivity (Wildman–Crippen MR) is 83.6 cm³/mol. The molecule has 1 heterocycles. The Labute approximate surface area is 137 Å². The van der Waals surface area contributed by atoms with E-state index in [1.165, 1.54) is 12.3 Å². The number of non-ortho nitro benzene ring substituents is 1. The summed E-state index contributed by atoms with van der Waals surface area (Å²) >= 11 is 0. The van der Waals surface area contributed by atoms with Gasteiger partial charge in [-0.15, -0.1) is 0 Å². The summed E-state index contributed by atoms with van der Waals surface area (Å²) < 4.78 is 10.0. The number of hydrogen-bond acceptors (Lipinski definition) is 6. The Bertz CT molecular complexity index is 754. The van der Waals surface area contributed by atoms with E-state index in [0.717, 1.165) is 12.1 Å². The minimum atomic E-state index is -0.727. The molecule has 0 saturated heterocycles. The van der Waals surface area contributed by atoms with Gasteiger partial charge in [0.1, 0.15) is 5.76 Å². The van der Waals surface area contributed by atoms with Gasteiger partial charge in [-0.1, -0.05) is 0 Å². The lowest BCUT2D eigenvalue weighted by atomic mass is 10.1. The van der Waals surface area contributed by atoms with Crippen LogP contribution >= 0.6 is 0 Å². The number of nitrogens with zero attached hydrogens (tertiary/aromatic N) is 1. The topological polar surface area (TPSA) is 112 Å². The number of amides is 1. The molecule has 2 rings (SSSR count). The van der Waals surface area contributed by atoms with Crippen molar-refractivity contribution in [3.63, 3.8) is 0 Å². The average Bonchev–Trinajstić information content (AvgIpc) is 3.09. The van der Waals surface area contributed by atoms with E-state index in [0.29, 0.717) is 5.76 Å². The molecule has 0 radical (unpaired) electrons. The minimum Gasteiger partial charge on any atom is -0.467 e. The quantitative estimate of drug-likeness (QED) is 0.494. The molecular formula is C16H16N2O6. The summed E-state index contributed by atoms with van der Waals surface area (Å²) in [5, 5.41) is 13.7. The maximum absolute atomic E-state index is 12.3. The Kier molecular flexibility index (Phi) is 5.31. The molecule has 0 fully saturated rings. The highest BCUT2D eigenvalue weighted by atomic mass is 16.6. The highest BCUT2D eigenvalue weighted by Gasteiger charge is 2.20. The monoisotopic (exact) mass is 332 g/mol. The van der Waals surface area contributed by atoms with Crippen molar-refractivity contribution in [3.8, 4) is 0 Å². The molecule has 2 aromatic rings. The Morgan fingerprint density at radius 3 is 2.62 bits per heavy atom. The molecule has 1 amide bonds. The van der Waals surface area contributed by atoms with E-state index in [9.17, 15) is 19.7 Å². The fourth-order valence-electron chi connectivity index (χ4n) is 2.07. The first-order valence-electron chi connectivity index (χ1n) is 7.23. The van der Waals surface area contributed by atoms with E-state index in [1.54, 1.807) is 26.0 Å². The van der Waals surface area contributed by atoms with E-state index in [2.05, 4.69) is 5.32 Å². The molecule has 0 aliphatic rings. The summed E-state index contributed by atoms with van der Waals surface area (Å²) in [5.74, 6) is -0.748. The van der Waals surface area contributed by atoms with E-state index < -0.39 is 22.8 Å². The summed E-state index contributed by atoms with van der Waals surface area (Å²) in [6, 6.07) is 6.39. The maximum atomic E-state index is 12.3. The molecule has 0 spiro atoms. The van der Waals surface area contributed by atoms with Gasteiger partial charge in [0.15, 0.2) is 0 Å². The van der Waals surface area contributed by atoms with Crippen molar-refractivity contribution in [2.24, 2.45) is 0 Å². The number of furan rings is 1. The van der Waals surface area contributed by atoms with E-state index in [1.807, 2.05) is 0 Å². The molecule has 1 unspecified atom stereocenters. The number of carbonyl (C=O) groups excluding carboxylic acids is 2. The zero-order valence-electron chi connectivity index (χ0n) is 13.1. The summed E-state index contributed by atoms with van der Waals surface area (Å²) in [4.78, 5) is 34.5. The van der Waals surface area contributed by atoms with Gasteiger partial charge in [-0.3, -0.25) is 14.9 Å². The van der Waals surface area contributed by atoms with Crippen LogP contribution in [-0.4, -0.2) is 23.4 Å². The van der Waals surface area contributed by atoms with Crippen molar-refractivity contribution in [1.82, 2.24) is 5.32 Å². The lowest BCUT2D eigenvalue weighted by Gasteiger charge is -2.12. The van der Waals surface area contributed by atoms with Crippen LogP contribution in [-0.2, 0) is 4.74 Å². The molecule has 0 aliphatic carbocycles. The van der Waals surface area contributed by atoms with Gasteiger partial charge in [0.05, 0.1) is 29.4 Å². The average molecular weight is 332 g/mol. The van der Waals surface area contributed by atoms with Gasteiger partial charge in [0.2, 0.25) is 0 Å². The van der Waals surface area contributed by atoms with Crippen molar-refractivity contribution >= 4 is 17.6 Å². The van der Waals surface area contributed by atoms with Gasteiger partial charge in [0, 0.05) is 17.7 Å². The Morgan fingerprint density at radius 2 is 2.04 bits per heavy atom. The van der Waals surface area contributed by atoms with Crippen molar-refractivity contribution in [2.45, 2.75) is 19.9 Å².